The van der Waals surface area contributed by atoms with Gasteiger partial charge in [-0.3, -0.25) is 0 Å². The molecule has 0 bridgehead atoms. The molecule has 0 atom stereocenters. The van der Waals surface area contributed by atoms with Crippen molar-refractivity contribution in [3.05, 3.63) is 57.6 Å². The van der Waals surface area contributed by atoms with Crippen molar-refractivity contribution in [2.45, 2.75) is 25.9 Å². The number of halogens is 2. The van der Waals surface area contributed by atoms with Crippen molar-refractivity contribution in [3.63, 3.8) is 0 Å². The molecule has 0 aromatic heterocycles. The van der Waals surface area contributed by atoms with Crippen LogP contribution in [0.3, 0.4) is 0 Å². The van der Waals surface area contributed by atoms with Gasteiger partial charge in [-0.25, -0.2) is 0 Å². The number of benzene rings is 2. The van der Waals surface area contributed by atoms with Crippen molar-refractivity contribution in [1.29, 1.82) is 0 Å². The quantitative estimate of drug-likeness (QED) is 0.586. The van der Waals surface area contributed by atoms with Gasteiger partial charge in [0.15, 0.2) is 11.5 Å². The maximum atomic E-state index is 6.48. The monoisotopic (exact) mass is 409 g/mol. The number of methoxy groups -OCH3 is 1. The predicted octanol–water partition coefficient (Wildman–Crippen LogP) is 5.74. The second kappa shape index (κ2) is 8.94. The molecule has 0 saturated carbocycles. The highest BCUT2D eigenvalue weighted by molar-refractivity contribution is 7.80. The Morgan fingerprint density at radius 1 is 1.08 bits per heavy atom. The number of nitrogens with zero attached hydrogens (tertiary/aromatic N) is 1. The van der Waals surface area contributed by atoms with Gasteiger partial charge < -0.3 is 14.4 Å². The first-order chi connectivity index (χ1) is 12.6. The topological polar surface area (TPSA) is 21.7 Å². The summed E-state index contributed by atoms with van der Waals surface area (Å²) in [4.78, 5) is 3.05. The van der Waals surface area contributed by atoms with Crippen LogP contribution in [0.15, 0.2) is 36.4 Å². The van der Waals surface area contributed by atoms with Gasteiger partial charge in [0.2, 0.25) is 0 Å². The molecule has 1 saturated heterocycles. The summed E-state index contributed by atoms with van der Waals surface area (Å²) in [5.41, 5.74) is 1.89. The molecule has 0 spiro atoms. The highest BCUT2D eigenvalue weighted by Crippen LogP contribution is 2.37. The molecule has 0 aliphatic carbocycles. The zero-order valence-corrected chi connectivity index (χ0v) is 17.0. The third-order valence-electron chi connectivity index (χ3n) is 4.42. The molecule has 0 unspecified atom stereocenters. The lowest BCUT2D eigenvalue weighted by Crippen LogP contribution is -2.34. The van der Waals surface area contributed by atoms with Crippen molar-refractivity contribution in [1.82, 2.24) is 4.90 Å². The van der Waals surface area contributed by atoms with E-state index >= 15 is 0 Å². The average Bonchev–Trinajstić information content (AvgIpc) is 2.68. The minimum absolute atomic E-state index is 0.378. The van der Waals surface area contributed by atoms with Crippen LogP contribution in [-0.4, -0.2) is 30.1 Å². The van der Waals surface area contributed by atoms with Crippen LogP contribution < -0.4 is 9.47 Å². The van der Waals surface area contributed by atoms with E-state index < -0.39 is 0 Å². The smallest absolute Gasteiger partial charge is 0.180 e. The second-order valence-electron chi connectivity index (χ2n) is 6.26. The van der Waals surface area contributed by atoms with E-state index in [-0.39, 0.29) is 0 Å². The minimum atomic E-state index is 0.378. The van der Waals surface area contributed by atoms with Gasteiger partial charge in [-0.15, -0.1) is 0 Å². The number of likely N-dealkylation sites (tertiary alicyclic amines) is 1. The summed E-state index contributed by atoms with van der Waals surface area (Å²) < 4.78 is 11.4. The van der Waals surface area contributed by atoms with Gasteiger partial charge in [-0.05, 0) is 49.1 Å². The van der Waals surface area contributed by atoms with Crippen LogP contribution in [0.5, 0.6) is 11.5 Å². The van der Waals surface area contributed by atoms with Gasteiger partial charge in [0.25, 0.3) is 0 Å². The molecule has 2 aromatic carbocycles. The first-order valence-electron chi connectivity index (χ1n) is 8.62. The number of piperidine rings is 1. The molecule has 138 valence electrons. The van der Waals surface area contributed by atoms with Crippen molar-refractivity contribution in [2.75, 3.05) is 20.2 Å². The van der Waals surface area contributed by atoms with E-state index in [0.29, 0.717) is 28.2 Å². The van der Waals surface area contributed by atoms with Gasteiger partial charge in [0, 0.05) is 23.7 Å². The minimum Gasteiger partial charge on any atom is -0.493 e. The van der Waals surface area contributed by atoms with Crippen molar-refractivity contribution < 1.29 is 9.47 Å². The molecule has 1 aliphatic heterocycles. The number of hydrogen-bond donors (Lipinski definition) is 0. The summed E-state index contributed by atoms with van der Waals surface area (Å²) >= 11 is 18.1. The van der Waals surface area contributed by atoms with E-state index in [1.54, 1.807) is 7.11 Å². The lowest BCUT2D eigenvalue weighted by Gasteiger charge is -2.29. The van der Waals surface area contributed by atoms with Crippen LogP contribution >= 0.6 is 35.4 Å². The van der Waals surface area contributed by atoms with E-state index in [0.717, 1.165) is 29.2 Å². The Hall–Kier alpha value is -1.49. The van der Waals surface area contributed by atoms with E-state index in [2.05, 4.69) is 4.90 Å². The maximum Gasteiger partial charge on any atom is 0.180 e. The highest BCUT2D eigenvalue weighted by Gasteiger charge is 2.19. The average molecular weight is 410 g/mol. The Labute approximate surface area is 169 Å². The molecule has 3 nitrogen and oxygen atoms in total. The van der Waals surface area contributed by atoms with Gasteiger partial charge >= 0.3 is 0 Å². The highest BCUT2D eigenvalue weighted by atomic mass is 35.5. The fraction of sp³-hybridized carbons (Fsp3) is 0.350. The number of ether oxygens (including phenoxy) is 2. The number of rotatable bonds is 5. The van der Waals surface area contributed by atoms with Gasteiger partial charge in [0.1, 0.15) is 11.6 Å². The largest absolute Gasteiger partial charge is 0.493 e. The second-order valence-corrected chi connectivity index (χ2v) is 7.49. The van der Waals surface area contributed by atoms with Gasteiger partial charge in [-0.1, -0.05) is 47.6 Å². The fourth-order valence-corrected chi connectivity index (χ4v) is 3.69. The van der Waals surface area contributed by atoms with Gasteiger partial charge in [-0.2, -0.15) is 0 Å². The van der Waals surface area contributed by atoms with Crippen LogP contribution in [0.2, 0.25) is 10.0 Å². The zero-order chi connectivity index (χ0) is 18.5. The molecule has 0 N–H and O–H groups in total. The van der Waals surface area contributed by atoms with E-state index in [1.807, 2.05) is 36.4 Å². The Morgan fingerprint density at radius 3 is 2.42 bits per heavy atom. The third kappa shape index (κ3) is 4.61. The molecule has 0 radical (unpaired) electrons. The van der Waals surface area contributed by atoms with Crippen molar-refractivity contribution in [2.24, 2.45) is 0 Å². The van der Waals surface area contributed by atoms with Crippen LogP contribution in [0.1, 0.15) is 30.4 Å². The Bertz CT molecular complexity index is 774. The SMILES string of the molecule is COc1cc(C(=S)N2CCCCC2)cc(Cl)c1OCc1ccc(Cl)cc1. The zero-order valence-electron chi connectivity index (χ0n) is 14.6. The van der Waals surface area contributed by atoms with Crippen LogP contribution in [0.25, 0.3) is 0 Å². The molecule has 1 aliphatic rings. The van der Waals surface area contributed by atoms with E-state index in [1.165, 1.54) is 19.3 Å². The van der Waals surface area contributed by atoms with Gasteiger partial charge in [0.05, 0.1) is 12.1 Å². The first-order valence-corrected chi connectivity index (χ1v) is 9.79. The summed E-state index contributed by atoms with van der Waals surface area (Å²) in [7, 11) is 1.61. The summed E-state index contributed by atoms with van der Waals surface area (Å²) in [6.45, 7) is 2.37. The molecule has 1 heterocycles. The Kier molecular flexibility index (Phi) is 6.63. The molecular weight excluding hydrogens is 389 g/mol. The molecule has 0 amide bonds. The fourth-order valence-electron chi connectivity index (χ4n) is 3.00. The standard InChI is InChI=1S/C20H21Cl2NO2S/c1-24-18-12-15(20(26)23-9-3-2-4-10-23)11-17(22)19(18)25-13-14-5-7-16(21)8-6-14/h5-8,11-12H,2-4,9-10,13H2,1H3. The third-order valence-corrected chi connectivity index (χ3v) is 5.44. The Morgan fingerprint density at radius 2 is 1.77 bits per heavy atom. The lowest BCUT2D eigenvalue weighted by molar-refractivity contribution is 0.284. The Balaban J connectivity index is 1.78. The molecular formula is C20H21Cl2NO2S. The normalized spacial score (nSPS) is 14.2. The molecule has 3 rings (SSSR count). The lowest BCUT2D eigenvalue weighted by atomic mass is 10.1. The van der Waals surface area contributed by atoms with E-state index in [9.17, 15) is 0 Å². The molecule has 26 heavy (non-hydrogen) atoms. The molecule has 1 fully saturated rings. The predicted molar refractivity (Wildman–Crippen MR) is 111 cm³/mol. The molecule has 6 heteroatoms. The summed E-state index contributed by atoms with van der Waals surface area (Å²) in [5, 5.41) is 1.19. The number of hydrogen-bond acceptors (Lipinski definition) is 3. The van der Waals surface area contributed by atoms with E-state index in [4.69, 9.17) is 44.9 Å². The van der Waals surface area contributed by atoms with Crippen LogP contribution in [-0.2, 0) is 6.61 Å². The summed E-state index contributed by atoms with van der Waals surface area (Å²) in [6.07, 6.45) is 3.61. The molecule has 2 aromatic rings. The van der Waals surface area contributed by atoms with Crippen LogP contribution in [0.4, 0.5) is 0 Å². The summed E-state index contributed by atoms with van der Waals surface area (Å²) in [5.74, 6) is 1.11. The van der Waals surface area contributed by atoms with Crippen molar-refractivity contribution in [3.8, 4) is 11.5 Å². The summed E-state index contributed by atoms with van der Waals surface area (Å²) in [6, 6.07) is 11.3. The first kappa shape index (κ1) is 19.3. The van der Waals surface area contributed by atoms with Crippen LogP contribution in [0, 0.1) is 0 Å². The maximum absolute atomic E-state index is 6.48. The van der Waals surface area contributed by atoms with Crippen molar-refractivity contribution >= 4 is 40.4 Å². The number of thiocarbonyl (C=S) groups is 1.